The highest BCUT2D eigenvalue weighted by atomic mass is 32.1. The van der Waals surface area contributed by atoms with E-state index in [9.17, 15) is 4.79 Å². The Hall–Kier alpha value is -1.88. The number of carbonyl (C=O) groups excluding carboxylic acids is 1. The molecule has 1 aromatic heterocycles. The average Bonchev–Trinajstić information content (AvgIpc) is 3.18. The Morgan fingerprint density at radius 3 is 2.76 bits per heavy atom. The standard InChI is InChI=1S/C16H18N2O2S/c19-16(18-8-4-5-9-18)10-13-12-21-15(17-13)11-20-14-6-2-1-3-7-14/h1-3,6-7,12H,4-5,8-11H2. The Balaban J connectivity index is 1.52. The van der Waals surface area contributed by atoms with Crippen LogP contribution in [0.5, 0.6) is 5.75 Å². The minimum Gasteiger partial charge on any atom is -0.486 e. The second-order valence-corrected chi connectivity index (χ2v) is 6.04. The minimum absolute atomic E-state index is 0.188. The quantitative estimate of drug-likeness (QED) is 0.853. The Labute approximate surface area is 128 Å². The van der Waals surface area contributed by atoms with Gasteiger partial charge >= 0.3 is 0 Å². The van der Waals surface area contributed by atoms with Crippen LogP contribution in [-0.4, -0.2) is 28.9 Å². The Morgan fingerprint density at radius 2 is 2.00 bits per heavy atom. The van der Waals surface area contributed by atoms with Gasteiger partial charge in [-0.25, -0.2) is 4.98 Å². The molecule has 0 saturated carbocycles. The molecule has 5 heteroatoms. The average molecular weight is 302 g/mol. The zero-order valence-corrected chi connectivity index (χ0v) is 12.6. The van der Waals surface area contributed by atoms with Gasteiger partial charge in [0.1, 0.15) is 17.4 Å². The first-order chi connectivity index (χ1) is 10.3. The molecule has 1 saturated heterocycles. The monoisotopic (exact) mass is 302 g/mol. The van der Waals surface area contributed by atoms with Crippen LogP contribution in [0.2, 0.25) is 0 Å². The molecule has 110 valence electrons. The van der Waals surface area contributed by atoms with Gasteiger partial charge in [-0.15, -0.1) is 11.3 Å². The normalized spacial score (nSPS) is 14.4. The molecule has 0 spiro atoms. The number of benzene rings is 1. The van der Waals surface area contributed by atoms with Crippen LogP contribution in [0.4, 0.5) is 0 Å². The molecule has 1 aromatic carbocycles. The fraction of sp³-hybridized carbons (Fsp3) is 0.375. The second kappa shape index (κ2) is 6.72. The van der Waals surface area contributed by atoms with Crippen molar-refractivity contribution in [2.24, 2.45) is 0 Å². The van der Waals surface area contributed by atoms with Crippen molar-refractivity contribution in [1.29, 1.82) is 0 Å². The van der Waals surface area contributed by atoms with Crippen molar-refractivity contribution >= 4 is 17.2 Å². The number of carbonyl (C=O) groups is 1. The van der Waals surface area contributed by atoms with Gasteiger partial charge in [-0.2, -0.15) is 0 Å². The van der Waals surface area contributed by atoms with E-state index >= 15 is 0 Å². The molecular weight excluding hydrogens is 284 g/mol. The SMILES string of the molecule is O=C(Cc1csc(COc2ccccc2)n1)N1CCCC1. The van der Waals surface area contributed by atoms with Crippen molar-refractivity contribution < 1.29 is 9.53 Å². The number of rotatable bonds is 5. The molecule has 2 heterocycles. The smallest absolute Gasteiger partial charge is 0.228 e. The molecule has 4 nitrogen and oxygen atoms in total. The van der Waals surface area contributed by atoms with Gasteiger partial charge in [0.05, 0.1) is 12.1 Å². The van der Waals surface area contributed by atoms with Crippen molar-refractivity contribution in [3.8, 4) is 5.75 Å². The maximum absolute atomic E-state index is 12.1. The first-order valence-corrected chi connectivity index (χ1v) is 8.08. The van der Waals surface area contributed by atoms with Gasteiger partial charge in [-0.05, 0) is 25.0 Å². The number of thiazole rings is 1. The van der Waals surface area contributed by atoms with Gasteiger partial charge in [0.2, 0.25) is 5.91 Å². The van der Waals surface area contributed by atoms with E-state index in [4.69, 9.17) is 4.74 Å². The summed E-state index contributed by atoms with van der Waals surface area (Å²) in [5.41, 5.74) is 0.851. The van der Waals surface area contributed by atoms with E-state index in [-0.39, 0.29) is 5.91 Å². The molecule has 3 rings (SSSR count). The molecule has 0 N–H and O–H groups in total. The number of hydrogen-bond donors (Lipinski definition) is 0. The Morgan fingerprint density at radius 1 is 1.24 bits per heavy atom. The molecule has 21 heavy (non-hydrogen) atoms. The molecule has 1 fully saturated rings. The van der Waals surface area contributed by atoms with Crippen LogP contribution >= 0.6 is 11.3 Å². The molecule has 0 radical (unpaired) electrons. The van der Waals surface area contributed by atoms with Crippen molar-refractivity contribution in [3.05, 3.63) is 46.4 Å². The van der Waals surface area contributed by atoms with Crippen molar-refractivity contribution in [1.82, 2.24) is 9.88 Å². The number of ether oxygens (including phenoxy) is 1. The molecule has 1 aliphatic heterocycles. The third kappa shape index (κ3) is 3.82. The summed E-state index contributed by atoms with van der Waals surface area (Å²) in [6.07, 6.45) is 2.65. The maximum atomic E-state index is 12.1. The lowest BCUT2D eigenvalue weighted by atomic mass is 10.3. The largest absolute Gasteiger partial charge is 0.486 e. The number of amides is 1. The van der Waals surface area contributed by atoms with E-state index in [0.29, 0.717) is 13.0 Å². The third-order valence-corrected chi connectivity index (χ3v) is 4.37. The number of likely N-dealkylation sites (tertiary alicyclic amines) is 1. The zero-order valence-electron chi connectivity index (χ0n) is 11.8. The fourth-order valence-corrected chi connectivity index (χ4v) is 3.10. The highest BCUT2D eigenvalue weighted by Crippen LogP contribution is 2.16. The van der Waals surface area contributed by atoms with Gasteiger partial charge in [0.15, 0.2) is 0 Å². The molecule has 0 unspecified atom stereocenters. The first-order valence-electron chi connectivity index (χ1n) is 7.20. The van der Waals surface area contributed by atoms with Crippen LogP contribution in [0.15, 0.2) is 35.7 Å². The van der Waals surface area contributed by atoms with Gasteiger partial charge in [0.25, 0.3) is 0 Å². The lowest BCUT2D eigenvalue weighted by Crippen LogP contribution is -2.29. The molecule has 1 amide bonds. The number of hydrogen-bond acceptors (Lipinski definition) is 4. The Bertz CT molecular complexity index is 591. The van der Waals surface area contributed by atoms with Crippen molar-refractivity contribution in [2.75, 3.05) is 13.1 Å². The summed E-state index contributed by atoms with van der Waals surface area (Å²) >= 11 is 1.55. The summed E-state index contributed by atoms with van der Waals surface area (Å²) in [6.45, 7) is 2.24. The van der Waals surface area contributed by atoms with Crippen LogP contribution < -0.4 is 4.74 Å². The highest BCUT2D eigenvalue weighted by Gasteiger charge is 2.19. The highest BCUT2D eigenvalue weighted by molar-refractivity contribution is 7.09. The van der Waals surface area contributed by atoms with E-state index in [0.717, 1.165) is 42.4 Å². The topological polar surface area (TPSA) is 42.4 Å². The maximum Gasteiger partial charge on any atom is 0.228 e. The summed E-state index contributed by atoms with van der Waals surface area (Å²) in [7, 11) is 0. The second-order valence-electron chi connectivity index (χ2n) is 5.10. The molecule has 2 aromatic rings. The molecule has 0 aliphatic carbocycles. The minimum atomic E-state index is 0.188. The van der Waals surface area contributed by atoms with Crippen molar-refractivity contribution in [2.45, 2.75) is 25.9 Å². The van der Waals surface area contributed by atoms with Gasteiger partial charge in [0, 0.05) is 18.5 Å². The summed E-state index contributed by atoms with van der Waals surface area (Å²) in [5.74, 6) is 1.02. The number of nitrogens with zero attached hydrogens (tertiary/aromatic N) is 2. The summed E-state index contributed by atoms with van der Waals surface area (Å²) in [5, 5.41) is 2.86. The number of para-hydroxylation sites is 1. The van der Waals surface area contributed by atoms with Crippen LogP contribution in [0.3, 0.4) is 0 Å². The first kappa shape index (κ1) is 14.1. The summed E-state index contributed by atoms with van der Waals surface area (Å²) in [6, 6.07) is 9.68. The summed E-state index contributed by atoms with van der Waals surface area (Å²) in [4.78, 5) is 18.5. The van der Waals surface area contributed by atoms with E-state index < -0.39 is 0 Å². The van der Waals surface area contributed by atoms with Gasteiger partial charge < -0.3 is 9.64 Å². The van der Waals surface area contributed by atoms with Crippen LogP contribution in [0, 0.1) is 0 Å². The van der Waals surface area contributed by atoms with E-state index in [2.05, 4.69) is 4.98 Å². The van der Waals surface area contributed by atoms with Gasteiger partial charge in [-0.3, -0.25) is 4.79 Å². The third-order valence-electron chi connectivity index (χ3n) is 3.50. The summed E-state index contributed by atoms with van der Waals surface area (Å²) < 4.78 is 5.66. The van der Waals surface area contributed by atoms with E-state index in [1.165, 1.54) is 0 Å². The van der Waals surface area contributed by atoms with E-state index in [1.54, 1.807) is 11.3 Å². The lowest BCUT2D eigenvalue weighted by molar-refractivity contribution is -0.129. The predicted octanol–water partition coefficient (Wildman–Crippen LogP) is 2.89. The number of aromatic nitrogens is 1. The van der Waals surface area contributed by atoms with Crippen molar-refractivity contribution in [3.63, 3.8) is 0 Å². The van der Waals surface area contributed by atoms with Crippen LogP contribution in [0.1, 0.15) is 23.5 Å². The molecule has 1 aliphatic rings. The predicted molar refractivity (Wildman–Crippen MR) is 82.4 cm³/mol. The van der Waals surface area contributed by atoms with Crippen LogP contribution in [-0.2, 0) is 17.8 Å². The molecular formula is C16H18N2O2S. The van der Waals surface area contributed by atoms with Gasteiger partial charge in [-0.1, -0.05) is 18.2 Å². The Kier molecular flexibility index (Phi) is 4.50. The zero-order chi connectivity index (χ0) is 14.5. The van der Waals surface area contributed by atoms with Crippen LogP contribution in [0.25, 0.3) is 0 Å². The lowest BCUT2D eigenvalue weighted by Gasteiger charge is -2.13. The molecule has 0 bridgehead atoms. The molecule has 0 atom stereocenters. The fourth-order valence-electron chi connectivity index (χ4n) is 2.39. The van der Waals surface area contributed by atoms with E-state index in [1.807, 2.05) is 40.6 Å².